The molecule has 0 N–H and O–H groups in total. The third-order valence-corrected chi connectivity index (χ3v) is 6.63. The molecule has 6 rings (SSSR count). The smallest absolute Gasteiger partial charge is 0.280 e. The van der Waals surface area contributed by atoms with Crippen molar-refractivity contribution in [3.05, 3.63) is 111 Å². The molecule has 7 nitrogen and oxygen atoms in total. The quantitative estimate of drug-likeness (QED) is 0.453. The molecule has 1 aliphatic heterocycles. The highest BCUT2D eigenvalue weighted by Crippen LogP contribution is 2.37. The lowest BCUT2D eigenvalue weighted by Crippen LogP contribution is -2.44. The first-order chi connectivity index (χ1) is 17.0. The zero-order valence-electron chi connectivity index (χ0n) is 19.3. The highest BCUT2D eigenvalue weighted by molar-refractivity contribution is 6.26. The number of rotatable bonds is 2. The number of hydrogen-bond donors (Lipinski definition) is 0. The van der Waals surface area contributed by atoms with Gasteiger partial charge < -0.3 is 4.57 Å². The van der Waals surface area contributed by atoms with Crippen molar-refractivity contribution in [1.29, 1.82) is 5.26 Å². The predicted octanol–water partition coefficient (Wildman–Crippen LogP) is 4.04. The lowest BCUT2D eigenvalue weighted by Gasteiger charge is -2.23. The van der Waals surface area contributed by atoms with Crippen molar-refractivity contribution in [1.82, 2.24) is 14.2 Å². The Morgan fingerprint density at radius 2 is 1.83 bits per heavy atom. The summed E-state index contributed by atoms with van der Waals surface area (Å²) in [5.74, 6) is 0.0748. The molecular weight excluding hydrogens is 438 g/mol. The van der Waals surface area contributed by atoms with Crippen LogP contribution in [0.4, 0.5) is 0 Å². The third-order valence-electron chi connectivity index (χ3n) is 6.63. The molecule has 4 aromatic rings. The van der Waals surface area contributed by atoms with E-state index in [1.165, 1.54) is 9.69 Å². The molecule has 0 atom stereocenters. The maximum Gasteiger partial charge on any atom is 0.280 e. The van der Waals surface area contributed by atoms with Crippen LogP contribution in [-0.2, 0) is 11.2 Å². The van der Waals surface area contributed by atoms with Crippen molar-refractivity contribution in [2.24, 2.45) is 0 Å². The van der Waals surface area contributed by atoms with Crippen LogP contribution in [0.25, 0.3) is 22.2 Å². The number of carbonyl (C=O) groups is 1. The number of benzene rings is 2. The van der Waals surface area contributed by atoms with E-state index in [1.807, 2.05) is 43.3 Å². The second-order valence-corrected chi connectivity index (χ2v) is 8.80. The van der Waals surface area contributed by atoms with Crippen LogP contribution in [0, 0.1) is 25.2 Å². The van der Waals surface area contributed by atoms with E-state index >= 15 is 0 Å². The van der Waals surface area contributed by atoms with Crippen molar-refractivity contribution < 1.29 is 4.79 Å². The molecule has 0 spiro atoms. The first kappa shape index (κ1) is 20.9. The Morgan fingerprint density at radius 3 is 2.60 bits per heavy atom. The molecule has 2 aromatic heterocycles. The minimum Gasteiger partial charge on any atom is -0.311 e. The van der Waals surface area contributed by atoms with Crippen LogP contribution in [0.15, 0.2) is 71.7 Å². The normalized spacial score (nSPS) is 14.8. The molecule has 0 fully saturated rings. The topological polar surface area (TPSA) is 83.9 Å². The fraction of sp³-hybridized carbons (Fsp3) is 0.143. The van der Waals surface area contributed by atoms with Gasteiger partial charge in [-0.2, -0.15) is 9.94 Å². The number of fused-ring (bicyclic) bond motifs is 1. The van der Waals surface area contributed by atoms with E-state index in [1.54, 1.807) is 31.3 Å². The van der Waals surface area contributed by atoms with E-state index in [2.05, 4.69) is 21.7 Å². The molecular formula is C28H21N5O2. The Labute approximate surface area is 201 Å². The van der Waals surface area contributed by atoms with Gasteiger partial charge in [-0.1, -0.05) is 36.4 Å². The van der Waals surface area contributed by atoms with E-state index in [0.29, 0.717) is 27.9 Å². The number of amides is 1. The zero-order chi connectivity index (χ0) is 24.3. The molecule has 0 saturated carbocycles. The van der Waals surface area contributed by atoms with Gasteiger partial charge in [-0.05, 0) is 56.5 Å². The highest BCUT2D eigenvalue weighted by Gasteiger charge is 2.33. The summed E-state index contributed by atoms with van der Waals surface area (Å²) < 4.78 is 3.44. The van der Waals surface area contributed by atoms with Crippen molar-refractivity contribution >= 4 is 28.1 Å². The van der Waals surface area contributed by atoms with Crippen LogP contribution in [0.3, 0.4) is 0 Å². The van der Waals surface area contributed by atoms with Crippen LogP contribution in [-0.4, -0.2) is 20.1 Å². The fourth-order valence-electron chi connectivity index (χ4n) is 5.08. The third kappa shape index (κ3) is 3.07. The summed E-state index contributed by atoms with van der Waals surface area (Å²) in [6, 6.07) is 18.8. The molecule has 170 valence electrons. The molecule has 1 amide bonds. The number of aromatic nitrogens is 3. The fourth-order valence-corrected chi connectivity index (χ4v) is 5.08. The maximum absolute atomic E-state index is 14.0. The summed E-state index contributed by atoms with van der Waals surface area (Å²) in [4.78, 5) is 32.3. The summed E-state index contributed by atoms with van der Waals surface area (Å²) in [5.41, 5.74) is 5.83. The van der Waals surface area contributed by atoms with Gasteiger partial charge in [-0.3, -0.25) is 9.59 Å². The van der Waals surface area contributed by atoms with Crippen molar-refractivity contribution in [3.63, 3.8) is 0 Å². The standard InChI is InChI=1S/C28H21N5O2/c1-17-13-21-9-6-10-23-26(21)32(17)25(20-7-4-3-5-8-20)16-31(27(23)34)33-18(2)30-24-14-19(15-29)11-12-22(24)28(33)35/h3-5,7-8,10-14,16H,6,9H2,1-2H3. The van der Waals surface area contributed by atoms with Crippen LogP contribution in [0.2, 0.25) is 0 Å². The highest BCUT2D eigenvalue weighted by atomic mass is 16.2. The first-order valence-electron chi connectivity index (χ1n) is 11.4. The molecule has 2 aliphatic rings. The van der Waals surface area contributed by atoms with Gasteiger partial charge in [0.25, 0.3) is 11.5 Å². The van der Waals surface area contributed by atoms with Gasteiger partial charge in [-0.15, -0.1) is 0 Å². The molecule has 0 radical (unpaired) electrons. The summed E-state index contributed by atoms with van der Waals surface area (Å²) in [5, 5.41) is 11.0. The predicted molar refractivity (Wildman–Crippen MR) is 134 cm³/mol. The second kappa shape index (κ2) is 7.67. The van der Waals surface area contributed by atoms with E-state index in [0.717, 1.165) is 41.1 Å². The molecule has 0 saturated heterocycles. The molecule has 0 unspecified atom stereocenters. The first-order valence-corrected chi connectivity index (χ1v) is 11.4. The van der Waals surface area contributed by atoms with E-state index in [9.17, 15) is 14.9 Å². The van der Waals surface area contributed by atoms with Crippen molar-refractivity contribution in [3.8, 4) is 6.07 Å². The Morgan fingerprint density at radius 1 is 1.03 bits per heavy atom. The molecule has 1 aliphatic carbocycles. The molecule has 7 heteroatoms. The molecule has 2 aromatic carbocycles. The Bertz CT molecular complexity index is 1710. The zero-order valence-corrected chi connectivity index (χ0v) is 19.3. The number of nitriles is 1. The maximum atomic E-state index is 14.0. The summed E-state index contributed by atoms with van der Waals surface area (Å²) >= 11 is 0. The van der Waals surface area contributed by atoms with Crippen LogP contribution in [0.5, 0.6) is 0 Å². The Balaban J connectivity index is 1.67. The van der Waals surface area contributed by atoms with Gasteiger partial charge >= 0.3 is 0 Å². The van der Waals surface area contributed by atoms with Gasteiger partial charge in [-0.25, -0.2) is 9.99 Å². The van der Waals surface area contributed by atoms with E-state index < -0.39 is 0 Å². The number of carbonyl (C=O) groups excluding carboxylic acids is 1. The minimum atomic E-state index is -0.367. The average molecular weight is 460 g/mol. The number of allylic oxidation sites excluding steroid dienone is 1. The average Bonchev–Trinajstić information content (AvgIpc) is 3.14. The van der Waals surface area contributed by atoms with Gasteiger partial charge in [0.1, 0.15) is 5.82 Å². The van der Waals surface area contributed by atoms with Gasteiger partial charge in [0.15, 0.2) is 0 Å². The van der Waals surface area contributed by atoms with E-state index in [4.69, 9.17) is 0 Å². The monoisotopic (exact) mass is 459 g/mol. The van der Waals surface area contributed by atoms with Crippen molar-refractivity contribution in [2.75, 3.05) is 5.01 Å². The summed E-state index contributed by atoms with van der Waals surface area (Å²) in [6.45, 7) is 3.73. The van der Waals surface area contributed by atoms with Gasteiger partial charge in [0, 0.05) is 11.3 Å². The molecule has 35 heavy (non-hydrogen) atoms. The van der Waals surface area contributed by atoms with E-state index in [-0.39, 0.29) is 11.5 Å². The number of nitrogens with zero attached hydrogens (tertiary/aromatic N) is 5. The SMILES string of the molecule is Cc1cc2c3n1C(c1ccccc1)=CN(n1c(C)nc4cc(C#N)ccc4c1=O)C(=O)C3=CCC2. The number of hydrogen-bond acceptors (Lipinski definition) is 4. The van der Waals surface area contributed by atoms with Crippen molar-refractivity contribution in [2.45, 2.75) is 26.7 Å². The lowest BCUT2D eigenvalue weighted by atomic mass is 9.96. The largest absolute Gasteiger partial charge is 0.311 e. The summed E-state index contributed by atoms with van der Waals surface area (Å²) in [6.07, 6.45) is 5.31. The van der Waals surface area contributed by atoms with Gasteiger partial charge in [0.2, 0.25) is 0 Å². The summed E-state index contributed by atoms with van der Waals surface area (Å²) in [7, 11) is 0. The second-order valence-electron chi connectivity index (χ2n) is 8.80. The lowest BCUT2D eigenvalue weighted by molar-refractivity contribution is -0.114. The Hall–Kier alpha value is -4.70. The molecule has 3 heterocycles. The van der Waals surface area contributed by atoms with Crippen LogP contribution in [0.1, 0.15) is 40.3 Å². The Kier molecular flexibility index (Phi) is 4.58. The van der Waals surface area contributed by atoms with Crippen LogP contribution >= 0.6 is 0 Å². The number of aryl methyl sites for hydroxylation is 3. The molecule has 0 bridgehead atoms. The van der Waals surface area contributed by atoms with Crippen LogP contribution < -0.4 is 10.6 Å². The minimum absolute atomic E-state index is 0.281. The van der Waals surface area contributed by atoms with Gasteiger partial charge in [0.05, 0.1) is 45.7 Å².